The molecule has 0 bridgehead atoms. The minimum Gasteiger partial charge on any atom is -0.366 e. The first kappa shape index (κ1) is 19.2. The fourth-order valence-electron chi connectivity index (χ4n) is 3.28. The van der Waals surface area contributed by atoms with Crippen molar-refractivity contribution in [2.75, 3.05) is 25.0 Å². The summed E-state index contributed by atoms with van der Waals surface area (Å²) in [7, 11) is 0. The van der Waals surface area contributed by atoms with Crippen molar-refractivity contribution in [3.63, 3.8) is 0 Å². The van der Waals surface area contributed by atoms with Crippen molar-refractivity contribution in [3.8, 4) is 5.69 Å². The van der Waals surface area contributed by atoms with Gasteiger partial charge in [-0.1, -0.05) is 30.3 Å². The quantitative estimate of drug-likeness (QED) is 0.710. The van der Waals surface area contributed by atoms with Gasteiger partial charge in [-0.2, -0.15) is 4.68 Å². The number of tetrazole rings is 1. The summed E-state index contributed by atoms with van der Waals surface area (Å²) in [5.74, 6) is -0.311. The van der Waals surface area contributed by atoms with E-state index in [0.717, 1.165) is 13.1 Å². The number of halogens is 1. The van der Waals surface area contributed by atoms with Crippen LogP contribution in [-0.4, -0.2) is 56.8 Å². The predicted molar refractivity (Wildman–Crippen MR) is 104 cm³/mol. The topological polar surface area (TPSA) is 85.2 Å². The molecular formula is C20H21FN6O2. The number of carbonyl (C=O) groups is 1. The Balaban J connectivity index is 1.43. The van der Waals surface area contributed by atoms with Gasteiger partial charge in [-0.15, -0.1) is 5.10 Å². The molecule has 9 heteroatoms. The zero-order chi connectivity index (χ0) is 20.2. The number of carbonyl (C=O) groups excluding carboxylic acids is 1. The van der Waals surface area contributed by atoms with E-state index in [1.165, 1.54) is 28.4 Å². The maximum atomic E-state index is 14.2. The van der Waals surface area contributed by atoms with E-state index >= 15 is 0 Å². The summed E-state index contributed by atoms with van der Waals surface area (Å²) in [5, 5.41) is 13.9. The molecule has 1 N–H and O–H groups in total. The lowest BCUT2D eigenvalue weighted by Crippen LogP contribution is -2.47. The summed E-state index contributed by atoms with van der Waals surface area (Å²) >= 11 is 0. The van der Waals surface area contributed by atoms with Gasteiger partial charge in [-0.05, 0) is 41.1 Å². The number of hydrogen-bond acceptors (Lipinski definition) is 6. The van der Waals surface area contributed by atoms with Crippen LogP contribution in [0.4, 0.5) is 10.1 Å². The third-order valence-electron chi connectivity index (χ3n) is 4.76. The summed E-state index contributed by atoms with van der Waals surface area (Å²) in [4.78, 5) is 14.9. The molecule has 1 amide bonds. The number of ether oxygens (including phenoxy) is 1. The number of aromatic nitrogens is 4. The number of benzene rings is 2. The van der Waals surface area contributed by atoms with Gasteiger partial charge in [0.1, 0.15) is 17.6 Å². The number of rotatable bonds is 5. The first-order chi connectivity index (χ1) is 14.1. The van der Waals surface area contributed by atoms with Crippen molar-refractivity contribution in [2.45, 2.75) is 19.6 Å². The average Bonchev–Trinajstić information content (AvgIpc) is 3.16. The number of nitrogens with one attached hydrogen (secondary N) is 1. The van der Waals surface area contributed by atoms with Crippen molar-refractivity contribution in [2.24, 2.45) is 0 Å². The van der Waals surface area contributed by atoms with E-state index in [1.807, 2.05) is 18.2 Å². The highest BCUT2D eigenvalue weighted by molar-refractivity contribution is 5.94. The number of aryl methyl sites for hydroxylation is 1. The molecule has 2 heterocycles. The highest BCUT2D eigenvalue weighted by Crippen LogP contribution is 2.20. The number of hydrogen-bond donors (Lipinski definition) is 1. The van der Waals surface area contributed by atoms with Crippen LogP contribution in [0.5, 0.6) is 0 Å². The Hall–Kier alpha value is -3.17. The molecule has 1 aromatic heterocycles. The SMILES string of the molecule is Cc1nnnn1-c1cc(NC(=O)[C@H]2CN(Cc3ccccc3)CCO2)ccc1F. The molecule has 150 valence electrons. The zero-order valence-corrected chi connectivity index (χ0v) is 16.0. The largest absolute Gasteiger partial charge is 0.366 e. The zero-order valence-electron chi connectivity index (χ0n) is 16.0. The van der Waals surface area contributed by atoms with E-state index < -0.39 is 11.9 Å². The van der Waals surface area contributed by atoms with Gasteiger partial charge in [0, 0.05) is 25.3 Å². The van der Waals surface area contributed by atoms with Crippen LogP contribution in [0, 0.1) is 12.7 Å². The summed E-state index contributed by atoms with van der Waals surface area (Å²) < 4.78 is 21.1. The number of nitrogens with zero attached hydrogens (tertiary/aromatic N) is 5. The Morgan fingerprint density at radius 1 is 1.28 bits per heavy atom. The van der Waals surface area contributed by atoms with Crippen molar-refractivity contribution < 1.29 is 13.9 Å². The predicted octanol–water partition coefficient (Wildman–Crippen LogP) is 1.95. The van der Waals surface area contributed by atoms with Gasteiger partial charge < -0.3 is 10.1 Å². The first-order valence-electron chi connectivity index (χ1n) is 9.34. The van der Waals surface area contributed by atoms with Crippen LogP contribution < -0.4 is 5.32 Å². The molecule has 4 rings (SSSR count). The molecule has 0 spiro atoms. The van der Waals surface area contributed by atoms with E-state index in [2.05, 4.69) is 37.9 Å². The standard InChI is InChI=1S/C20H21FN6O2/c1-14-23-24-25-27(14)18-11-16(7-8-17(18)21)22-20(28)19-13-26(9-10-29-19)12-15-5-3-2-4-6-15/h2-8,11,19H,9-10,12-13H2,1H3,(H,22,28)/t19-/m1/s1. The molecule has 8 nitrogen and oxygen atoms in total. The van der Waals surface area contributed by atoms with E-state index in [-0.39, 0.29) is 11.6 Å². The fourth-order valence-corrected chi connectivity index (χ4v) is 3.28. The van der Waals surface area contributed by atoms with Gasteiger partial charge in [0.15, 0.2) is 5.82 Å². The van der Waals surface area contributed by atoms with Gasteiger partial charge in [0.25, 0.3) is 5.91 Å². The number of amides is 1. The summed E-state index contributed by atoms with van der Waals surface area (Å²) in [6.45, 7) is 4.15. The Morgan fingerprint density at radius 3 is 2.86 bits per heavy atom. The van der Waals surface area contributed by atoms with Crippen LogP contribution in [-0.2, 0) is 16.1 Å². The highest BCUT2D eigenvalue weighted by Gasteiger charge is 2.27. The molecule has 1 atom stereocenters. The Labute approximate surface area is 167 Å². The Kier molecular flexibility index (Phi) is 5.59. The van der Waals surface area contributed by atoms with E-state index in [4.69, 9.17) is 4.74 Å². The van der Waals surface area contributed by atoms with E-state index in [9.17, 15) is 9.18 Å². The van der Waals surface area contributed by atoms with Crippen LogP contribution in [0.25, 0.3) is 5.69 Å². The molecule has 1 fully saturated rings. The lowest BCUT2D eigenvalue weighted by molar-refractivity contribution is -0.133. The van der Waals surface area contributed by atoms with Crippen LogP contribution >= 0.6 is 0 Å². The average molecular weight is 396 g/mol. The highest BCUT2D eigenvalue weighted by atomic mass is 19.1. The molecule has 1 saturated heterocycles. The lowest BCUT2D eigenvalue weighted by atomic mass is 10.2. The van der Waals surface area contributed by atoms with Crippen LogP contribution in [0.1, 0.15) is 11.4 Å². The van der Waals surface area contributed by atoms with Crippen molar-refractivity contribution >= 4 is 11.6 Å². The van der Waals surface area contributed by atoms with Gasteiger partial charge >= 0.3 is 0 Å². The van der Waals surface area contributed by atoms with Gasteiger partial charge in [-0.3, -0.25) is 9.69 Å². The molecule has 0 radical (unpaired) electrons. The third-order valence-corrected chi connectivity index (χ3v) is 4.76. The Morgan fingerprint density at radius 2 is 2.10 bits per heavy atom. The number of morpholine rings is 1. The molecule has 1 aliphatic heterocycles. The van der Waals surface area contributed by atoms with Crippen LogP contribution in [0.3, 0.4) is 0 Å². The van der Waals surface area contributed by atoms with Crippen LogP contribution in [0.15, 0.2) is 48.5 Å². The summed E-state index contributed by atoms with van der Waals surface area (Å²) in [6.07, 6.45) is -0.601. The smallest absolute Gasteiger partial charge is 0.254 e. The van der Waals surface area contributed by atoms with E-state index in [0.29, 0.717) is 24.7 Å². The minimum atomic E-state index is -0.601. The molecule has 2 aromatic carbocycles. The first-order valence-corrected chi connectivity index (χ1v) is 9.34. The van der Waals surface area contributed by atoms with Crippen molar-refractivity contribution in [1.29, 1.82) is 0 Å². The fraction of sp³-hybridized carbons (Fsp3) is 0.300. The van der Waals surface area contributed by atoms with Crippen molar-refractivity contribution in [1.82, 2.24) is 25.1 Å². The van der Waals surface area contributed by atoms with Gasteiger partial charge in [0.05, 0.1) is 6.61 Å². The second-order valence-electron chi connectivity index (χ2n) is 6.87. The molecular weight excluding hydrogens is 375 g/mol. The molecule has 0 aliphatic carbocycles. The molecule has 3 aromatic rings. The van der Waals surface area contributed by atoms with E-state index in [1.54, 1.807) is 6.92 Å². The second kappa shape index (κ2) is 8.46. The number of anilines is 1. The normalized spacial score (nSPS) is 17.2. The monoisotopic (exact) mass is 396 g/mol. The molecule has 1 aliphatic rings. The minimum absolute atomic E-state index is 0.167. The molecule has 0 unspecified atom stereocenters. The second-order valence-corrected chi connectivity index (χ2v) is 6.87. The van der Waals surface area contributed by atoms with Crippen molar-refractivity contribution in [3.05, 3.63) is 65.7 Å². The van der Waals surface area contributed by atoms with Gasteiger partial charge in [-0.25, -0.2) is 4.39 Å². The Bertz CT molecular complexity index is 994. The van der Waals surface area contributed by atoms with Crippen LogP contribution in [0.2, 0.25) is 0 Å². The summed E-state index contributed by atoms with van der Waals surface area (Å²) in [5.41, 5.74) is 1.80. The molecule has 29 heavy (non-hydrogen) atoms. The lowest BCUT2D eigenvalue weighted by Gasteiger charge is -2.32. The third kappa shape index (κ3) is 4.47. The summed E-state index contributed by atoms with van der Waals surface area (Å²) in [6, 6.07) is 14.4. The molecule has 0 saturated carbocycles. The maximum Gasteiger partial charge on any atom is 0.254 e. The maximum absolute atomic E-state index is 14.2. The van der Waals surface area contributed by atoms with Gasteiger partial charge in [0.2, 0.25) is 0 Å².